The summed E-state index contributed by atoms with van der Waals surface area (Å²) in [6.07, 6.45) is 0. The first-order chi connectivity index (χ1) is 9.93. The maximum atomic E-state index is 13.6. The van der Waals surface area contributed by atoms with E-state index in [0.29, 0.717) is 44.9 Å². The van der Waals surface area contributed by atoms with Crippen LogP contribution in [-0.2, 0) is 0 Å². The summed E-state index contributed by atoms with van der Waals surface area (Å²) in [6.45, 7) is 4.40. The zero-order chi connectivity index (χ0) is 15.6. The van der Waals surface area contributed by atoms with E-state index < -0.39 is 28.9 Å². The lowest BCUT2D eigenvalue weighted by Gasteiger charge is -2.37. The summed E-state index contributed by atoms with van der Waals surface area (Å²) < 4.78 is 40.1. The minimum absolute atomic E-state index is 0.196. The molecule has 0 aromatic heterocycles. The second-order valence-electron chi connectivity index (χ2n) is 5.16. The number of benzene rings is 1. The van der Waals surface area contributed by atoms with Crippen LogP contribution in [0.3, 0.4) is 0 Å². The minimum atomic E-state index is -1.17. The molecule has 21 heavy (non-hydrogen) atoms. The molecular weight excluding hydrogens is 283 g/mol. The molecule has 1 aliphatic heterocycles. The van der Waals surface area contributed by atoms with Gasteiger partial charge in [-0.2, -0.15) is 0 Å². The largest absolute Gasteiger partial charge is 0.336 e. The lowest BCUT2D eigenvalue weighted by atomic mass is 10.1. The topological polar surface area (TPSA) is 49.6 Å². The van der Waals surface area contributed by atoms with Crippen molar-refractivity contribution in [1.29, 1.82) is 0 Å². The van der Waals surface area contributed by atoms with E-state index in [0.717, 1.165) is 0 Å². The number of carbonyl (C=O) groups excluding carboxylic acids is 1. The fourth-order valence-electron chi connectivity index (χ4n) is 2.42. The molecule has 0 saturated carbocycles. The predicted octanol–water partition coefficient (Wildman–Crippen LogP) is 1.21. The molecule has 2 rings (SSSR count). The molecule has 1 aromatic rings. The predicted molar refractivity (Wildman–Crippen MR) is 72.3 cm³/mol. The molecule has 4 nitrogen and oxygen atoms in total. The normalized spacial score (nSPS) is 17.9. The molecule has 116 valence electrons. The fourth-order valence-corrected chi connectivity index (χ4v) is 2.42. The van der Waals surface area contributed by atoms with Crippen molar-refractivity contribution in [3.05, 3.63) is 35.1 Å². The zero-order valence-corrected chi connectivity index (χ0v) is 11.8. The van der Waals surface area contributed by atoms with Crippen LogP contribution in [0.1, 0.15) is 17.3 Å². The molecule has 0 aliphatic carbocycles. The van der Waals surface area contributed by atoms with Crippen molar-refractivity contribution in [2.45, 2.75) is 13.0 Å². The number of hydrogen-bond acceptors (Lipinski definition) is 3. The van der Waals surface area contributed by atoms with E-state index in [9.17, 15) is 18.0 Å². The second-order valence-corrected chi connectivity index (χ2v) is 5.16. The van der Waals surface area contributed by atoms with Crippen molar-refractivity contribution >= 4 is 5.91 Å². The summed E-state index contributed by atoms with van der Waals surface area (Å²) >= 11 is 0. The molecule has 1 aromatic carbocycles. The van der Waals surface area contributed by atoms with Crippen molar-refractivity contribution in [2.75, 3.05) is 32.7 Å². The second kappa shape index (κ2) is 6.44. The molecule has 0 bridgehead atoms. The average molecular weight is 301 g/mol. The number of hydrogen-bond donors (Lipinski definition) is 1. The first kappa shape index (κ1) is 15.8. The van der Waals surface area contributed by atoms with Gasteiger partial charge in [0.1, 0.15) is 23.0 Å². The van der Waals surface area contributed by atoms with E-state index in [1.165, 1.54) is 4.90 Å². The summed E-state index contributed by atoms with van der Waals surface area (Å²) in [7, 11) is 0. The zero-order valence-electron chi connectivity index (χ0n) is 11.8. The van der Waals surface area contributed by atoms with Crippen molar-refractivity contribution < 1.29 is 18.0 Å². The first-order valence-corrected chi connectivity index (χ1v) is 6.82. The smallest absolute Gasteiger partial charge is 0.259 e. The van der Waals surface area contributed by atoms with Gasteiger partial charge < -0.3 is 10.6 Å². The van der Waals surface area contributed by atoms with Crippen molar-refractivity contribution in [3.8, 4) is 0 Å². The Kier molecular flexibility index (Phi) is 4.84. The molecule has 1 amide bonds. The molecule has 0 radical (unpaired) electrons. The third-order valence-electron chi connectivity index (χ3n) is 3.79. The van der Waals surface area contributed by atoms with E-state index in [4.69, 9.17) is 5.73 Å². The Morgan fingerprint density at radius 3 is 2.19 bits per heavy atom. The fraction of sp³-hybridized carbons (Fsp3) is 0.500. The van der Waals surface area contributed by atoms with Crippen LogP contribution in [0.4, 0.5) is 13.2 Å². The number of rotatable bonds is 3. The average Bonchev–Trinajstić information content (AvgIpc) is 2.45. The van der Waals surface area contributed by atoms with Gasteiger partial charge in [0, 0.05) is 50.9 Å². The molecular formula is C14H18F3N3O. The van der Waals surface area contributed by atoms with E-state index in [1.54, 1.807) is 0 Å². The van der Waals surface area contributed by atoms with E-state index in [1.807, 2.05) is 6.92 Å². The molecule has 7 heteroatoms. The number of halogens is 3. The Bertz CT molecular complexity index is 507. The van der Waals surface area contributed by atoms with Crippen LogP contribution in [0.2, 0.25) is 0 Å². The number of piperazine rings is 1. The van der Waals surface area contributed by atoms with Crippen LogP contribution in [-0.4, -0.2) is 54.5 Å². The molecule has 2 N–H and O–H groups in total. The van der Waals surface area contributed by atoms with Gasteiger partial charge in [-0.1, -0.05) is 0 Å². The quantitative estimate of drug-likeness (QED) is 0.913. The van der Waals surface area contributed by atoms with Crippen molar-refractivity contribution in [1.82, 2.24) is 9.80 Å². The first-order valence-electron chi connectivity index (χ1n) is 6.82. The molecule has 1 saturated heterocycles. The number of nitrogens with zero attached hydrogens (tertiary/aromatic N) is 2. The van der Waals surface area contributed by atoms with E-state index >= 15 is 0 Å². The summed E-state index contributed by atoms with van der Waals surface area (Å²) in [4.78, 5) is 15.7. The van der Waals surface area contributed by atoms with Gasteiger partial charge in [0.2, 0.25) is 0 Å². The van der Waals surface area contributed by atoms with E-state index in [-0.39, 0.29) is 6.04 Å². The number of nitrogens with two attached hydrogens (primary N) is 1. The maximum absolute atomic E-state index is 13.6. The maximum Gasteiger partial charge on any atom is 0.259 e. The summed E-state index contributed by atoms with van der Waals surface area (Å²) in [5.74, 6) is -4.13. The van der Waals surface area contributed by atoms with Gasteiger partial charge in [0.05, 0.1) is 0 Å². The summed E-state index contributed by atoms with van der Waals surface area (Å²) in [5.41, 5.74) is 4.89. The van der Waals surface area contributed by atoms with Gasteiger partial charge in [0.15, 0.2) is 0 Å². The Hall–Kier alpha value is -1.60. The highest BCUT2D eigenvalue weighted by Gasteiger charge is 2.28. The number of carbonyl (C=O) groups is 1. The SMILES string of the molecule is CC(CN)N1CCN(C(=O)c2c(F)cc(F)cc2F)CC1. The number of amides is 1. The minimum Gasteiger partial charge on any atom is -0.336 e. The van der Waals surface area contributed by atoms with Crippen LogP contribution in [0.5, 0.6) is 0 Å². The lowest BCUT2D eigenvalue weighted by molar-refractivity contribution is 0.0580. The third-order valence-corrected chi connectivity index (χ3v) is 3.79. The Labute approximate surface area is 121 Å². The third kappa shape index (κ3) is 3.36. The molecule has 1 fully saturated rings. The molecule has 1 aliphatic rings. The van der Waals surface area contributed by atoms with Crippen LogP contribution >= 0.6 is 0 Å². The highest BCUT2D eigenvalue weighted by atomic mass is 19.1. The monoisotopic (exact) mass is 301 g/mol. The molecule has 1 atom stereocenters. The van der Waals surface area contributed by atoms with Gasteiger partial charge >= 0.3 is 0 Å². The lowest BCUT2D eigenvalue weighted by Crippen LogP contribution is -2.53. The van der Waals surface area contributed by atoms with Gasteiger partial charge in [-0.15, -0.1) is 0 Å². The molecule has 0 spiro atoms. The van der Waals surface area contributed by atoms with Crippen molar-refractivity contribution in [3.63, 3.8) is 0 Å². The van der Waals surface area contributed by atoms with Gasteiger partial charge in [-0.25, -0.2) is 13.2 Å². The van der Waals surface area contributed by atoms with Crippen molar-refractivity contribution in [2.24, 2.45) is 5.73 Å². The highest BCUT2D eigenvalue weighted by Crippen LogP contribution is 2.18. The summed E-state index contributed by atoms with van der Waals surface area (Å²) in [5, 5.41) is 0. The summed E-state index contributed by atoms with van der Waals surface area (Å²) in [6, 6.07) is 1.23. The molecule has 1 heterocycles. The Morgan fingerprint density at radius 1 is 1.19 bits per heavy atom. The molecule has 1 unspecified atom stereocenters. The van der Waals surface area contributed by atoms with Crippen LogP contribution in [0, 0.1) is 17.5 Å². The van der Waals surface area contributed by atoms with Crippen LogP contribution < -0.4 is 5.73 Å². The van der Waals surface area contributed by atoms with Gasteiger partial charge in [-0.3, -0.25) is 9.69 Å². The standard InChI is InChI=1S/C14H18F3N3O/c1-9(8-18)19-2-4-20(5-3-19)14(21)13-11(16)6-10(15)7-12(13)17/h6-7,9H,2-5,8,18H2,1H3. The van der Waals surface area contributed by atoms with Gasteiger partial charge in [-0.05, 0) is 6.92 Å². The van der Waals surface area contributed by atoms with Gasteiger partial charge in [0.25, 0.3) is 5.91 Å². The van der Waals surface area contributed by atoms with E-state index in [2.05, 4.69) is 4.90 Å². The highest BCUT2D eigenvalue weighted by molar-refractivity contribution is 5.94. The Balaban J connectivity index is 2.09. The van der Waals surface area contributed by atoms with Crippen LogP contribution in [0.15, 0.2) is 12.1 Å². The van der Waals surface area contributed by atoms with Crippen LogP contribution in [0.25, 0.3) is 0 Å². The Morgan fingerprint density at radius 2 is 1.71 bits per heavy atom.